The van der Waals surface area contributed by atoms with Crippen LogP contribution >= 0.6 is 28.1 Å². The molecule has 0 aromatic heterocycles. The van der Waals surface area contributed by atoms with Crippen molar-refractivity contribution in [1.82, 2.24) is 5.43 Å². The van der Waals surface area contributed by atoms with Crippen molar-refractivity contribution < 1.29 is 9.47 Å². The molecule has 7 heteroatoms. The van der Waals surface area contributed by atoms with Gasteiger partial charge in [-0.1, -0.05) is 5.92 Å². The largest absolute Gasteiger partial charge is 0.493 e. The molecule has 5 nitrogen and oxygen atoms in total. The monoisotopic (exact) mass is 341 g/mol. The second-order valence-corrected chi connectivity index (χ2v) is 4.56. The van der Waals surface area contributed by atoms with Crippen LogP contribution in [0.15, 0.2) is 21.7 Å². The minimum absolute atomic E-state index is 0.0938. The van der Waals surface area contributed by atoms with Crippen molar-refractivity contribution in [2.24, 2.45) is 10.8 Å². The Morgan fingerprint density at radius 2 is 2.42 bits per heavy atom. The first-order valence-corrected chi connectivity index (χ1v) is 6.31. The number of methoxy groups -OCH3 is 1. The summed E-state index contributed by atoms with van der Waals surface area (Å²) in [6.45, 7) is 0.158. The highest BCUT2D eigenvalue weighted by molar-refractivity contribution is 9.10. The molecule has 0 spiro atoms. The lowest BCUT2D eigenvalue weighted by Gasteiger charge is -2.11. The number of ether oxygens (including phenoxy) is 2. The number of hydrogen-bond acceptors (Lipinski definition) is 4. The van der Waals surface area contributed by atoms with E-state index in [4.69, 9.17) is 21.6 Å². The molecule has 0 radical (unpaired) electrons. The Balaban J connectivity index is 2.99. The molecule has 1 aromatic rings. The molecule has 0 atom stereocenters. The molecule has 0 bridgehead atoms. The van der Waals surface area contributed by atoms with Gasteiger partial charge in [-0.25, -0.2) is 0 Å². The molecule has 0 aliphatic heterocycles. The fourth-order valence-corrected chi connectivity index (χ4v) is 1.87. The quantitative estimate of drug-likeness (QED) is 0.369. The van der Waals surface area contributed by atoms with E-state index >= 15 is 0 Å². The topological polar surface area (TPSA) is 68.9 Å². The lowest BCUT2D eigenvalue weighted by Crippen LogP contribution is -2.23. The number of thiocarbonyl (C=S) groups is 1. The lowest BCUT2D eigenvalue weighted by molar-refractivity contribution is 0.329. The summed E-state index contributed by atoms with van der Waals surface area (Å²) in [7, 11) is 1.54. The second-order valence-electron chi connectivity index (χ2n) is 3.26. The molecule has 0 saturated carbocycles. The van der Waals surface area contributed by atoms with E-state index in [-0.39, 0.29) is 11.7 Å². The zero-order valence-electron chi connectivity index (χ0n) is 10.1. The maximum atomic E-state index is 5.40. The predicted octanol–water partition coefficient (Wildman–Crippen LogP) is 1.64. The Bertz CT molecular complexity index is 541. The molecule has 19 heavy (non-hydrogen) atoms. The van der Waals surface area contributed by atoms with Crippen LogP contribution in [0.3, 0.4) is 0 Å². The maximum absolute atomic E-state index is 5.40. The van der Waals surface area contributed by atoms with Gasteiger partial charge in [-0.2, -0.15) is 5.10 Å². The van der Waals surface area contributed by atoms with E-state index in [0.717, 1.165) is 5.56 Å². The summed E-state index contributed by atoms with van der Waals surface area (Å²) in [5.74, 6) is 3.48. The Labute approximate surface area is 125 Å². The summed E-state index contributed by atoms with van der Waals surface area (Å²) >= 11 is 8.02. The van der Waals surface area contributed by atoms with Gasteiger partial charge in [0.15, 0.2) is 16.6 Å². The molecule has 0 unspecified atom stereocenters. The third-order valence-corrected chi connectivity index (χ3v) is 2.62. The third kappa shape index (κ3) is 4.77. The lowest BCUT2D eigenvalue weighted by atomic mass is 10.2. The van der Waals surface area contributed by atoms with E-state index in [1.54, 1.807) is 25.5 Å². The molecule has 0 heterocycles. The number of nitrogens with one attached hydrogen (secondary N) is 1. The van der Waals surface area contributed by atoms with Crippen molar-refractivity contribution in [3.63, 3.8) is 0 Å². The summed E-state index contributed by atoms with van der Waals surface area (Å²) < 4.78 is 11.3. The van der Waals surface area contributed by atoms with Crippen molar-refractivity contribution in [3.8, 4) is 23.8 Å². The predicted molar refractivity (Wildman–Crippen MR) is 82.5 cm³/mol. The second kappa shape index (κ2) is 7.61. The summed E-state index contributed by atoms with van der Waals surface area (Å²) in [6.07, 6.45) is 6.71. The number of rotatable bonds is 5. The molecule has 0 aliphatic rings. The molecule has 1 rings (SSSR count). The third-order valence-electron chi connectivity index (χ3n) is 1.94. The van der Waals surface area contributed by atoms with Crippen molar-refractivity contribution in [2.75, 3.05) is 13.7 Å². The average molecular weight is 342 g/mol. The number of hydrogen-bond donors (Lipinski definition) is 2. The Morgan fingerprint density at radius 1 is 1.68 bits per heavy atom. The molecular formula is C12H12BrN3O2S. The van der Waals surface area contributed by atoms with Gasteiger partial charge in [-0.15, -0.1) is 6.42 Å². The van der Waals surface area contributed by atoms with Gasteiger partial charge in [-0.05, 0) is 45.8 Å². The molecule has 100 valence electrons. The molecule has 1 aromatic carbocycles. The average Bonchev–Trinajstić information content (AvgIpc) is 2.36. The summed E-state index contributed by atoms with van der Waals surface area (Å²) in [4.78, 5) is 0. The van der Waals surface area contributed by atoms with Crippen LogP contribution in [0.25, 0.3) is 0 Å². The van der Waals surface area contributed by atoms with Crippen LogP contribution in [0.1, 0.15) is 5.56 Å². The highest BCUT2D eigenvalue weighted by atomic mass is 79.9. The highest BCUT2D eigenvalue weighted by Gasteiger charge is 2.10. The number of halogens is 1. The Morgan fingerprint density at radius 3 is 3.00 bits per heavy atom. The van der Waals surface area contributed by atoms with Gasteiger partial charge in [0.1, 0.15) is 6.61 Å². The molecule has 0 saturated heterocycles. The number of hydrazone groups is 1. The number of benzene rings is 1. The standard InChI is InChI=1S/C12H12BrN3O2S/c1-3-4-18-11-9(13)5-8(6-10(11)17-2)7-15-16-12(14)19/h1,5-7H,4H2,2H3,(H3,14,16,19). The maximum Gasteiger partial charge on any atom is 0.184 e. The first-order valence-electron chi connectivity index (χ1n) is 5.10. The zero-order chi connectivity index (χ0) is 14.3. The van der Waals surface area contributed by atoms with Crippen LogP contribution in [0, 0.1) is 12.3 Å². The van der Waals surface area contributed by atoms with E-state index in [1.165, 1.54) is 0 Å². The number of nitrogens with two attached hydrogens (primary N) is 1. The van der Waals surface area contributed by atoms with Crippen LogP contribution in [-0.4, -0.2) is 25.0 Å². The van der Waals surface area contributed by atoms with E-state index in [2.05, 4.69) is 44.6 Å². The van der Waals surface area contributed by atoms with Crippen molar-refractivity contribution in [2.45, 2.75) is 0 Å². The van der Waals surface area contributed by atoms with Crippen molar-refractivity contribution in [1.29, 1.82) is 0 Å². The Kier molecular flexibility index (Phi) is 6.12. The summed E-state index contributed by atoms with van der Waals surface area (Å²) in [6, 6.07) is 3.56. The van der Waals surface area contributed by atoms with E-state index in [1.807, 2.05) is 0 Å². The van der Waals surface area contributed by atoms with Crippen molar-refractivity contribution in [3.05, 3.63) is 22.2 Å². The van der Waals surface area contributed by atoms with Crippen LogP contribution in [-0.2, 0) is 0 Å². The van der Waals surface area contributed by atoms with Crippen molar-refractivity contribution >= 4 is 39.5 Å². The van der Waals surface area contributed by atoms with Gasteiger partial charge in [-0.3, -0.25) is 5.43 Å². The van der Waals surface area contributed by atoms with Crippen LogP contribution in [0.4, 0.5) is 0 Å². The number of terminal acetylenes is 1. The minimum Gasteiger partial charge on any atom is -0.493 e. The fraction of sp³-hybridized carbons (Fsp3) is 0.167. The van der Waals surface area contributed by atoms with Gasteiger partial charge in [0.25, 0.3) is 0 Å². The van der Waals surface area contributed by atoms with Gasteiger partial charge in [0.2, 0.25) is 0 Å². The van der Waals surface area contributed by atoms with Gasteiger partial charge in [0, 0.05) is 0 Å². The molecular weight excluding hydrogens is 330 g/mol. The van der Waals surface area contributed by atoms with Crippen LogP contribution in [0.2, 0.25) is 0 Å². The van der Waals surface area contributed by atoms with Gasteiger partial charge in [0.05, 0.1) is 17.8 Å². The first kappa shape index (κ1) is 15.3. The van der Waals surface area contributed by atoms with Gasteiger partial charge >= 0.3 is 0 Å². The smallest absolute Gasteiger partial charge is 0.184 e. The Hall–Kier alpha value is -1.78. The zero-order valence-corrected chi connectivity index (χ0v) is 12.5. The number of nitrogens with zero attached hydrogens (tertiary/aromatic N) is 1. The van der Waals surface area contributed by atoms with E-state index in [9.17, 15) is 0 Å². The molecule has 0 amide bonds. The van der Waals surface area contributed by atoms with Gasteiger partial charge < -0.3 is 15.2 Å². The van der Waals surface area contributed by atoms with E-state index < -0.39 is 0 Å². The van der Waals surface area contributed by atoms with E-state index in [0.29, 0.717) is 16.0 Å². The fourth-order valence-electron chi connectivity index (χ4n) is 1.24. The summed E-state index contributed by atoms with van der Waals surface area (Å²) in [5.41, 5.74) is 8.50. The highest BCUT2D eigenvalue weighted by Crippen LogP contribution is 2.36. The molecule has 0 fully saturated rings. The minimum atomic E-state index is 0.0938. The summed E-state index contributed by atoms with van der Waals surface area (Å²) in [5, 5.41) is 3.95. The normalized spacial score (nSPS) is 9.95. The molecule has 0 aliphatic carbocycles. The molecule has 3 N–H and O–H groups in total. The van der Waals surface area contributed by atoms with Crippen LogP contribution < -0.4 is 20.6 Å². The first-order chi connectivity index (χ1) is 9.08. The van der Waals surface area contributed by atoms with Crippen LogP contribution in [0.5, 0.6) is 11.5 Å². The SMILES string of the molecule is C#CCOc1c(Br)cc(C=NNC(N)=S)cc1OC.